The summed E-state index contributed by atoms with van der Waals surface area (Å²) >= 11 is 12.5. The molecule has 3 saturated heterocycles. The van der Waals surface area contributed by atoms with Crippen LogP contribution in [0.3, 0.4) is 0 Å². The Labute approximate surface area is 368 Å². The molecule has 0 bridgehead atoms. The largest absolute Gasteiger partial charge is 0.482 e. The fraction of sp³-hybridized carbons (Fsp3) is 0.432. The predicted octanol–water partition coefficient (Wildman–Crippen LogP) is 6.28. The molecule has 6 heterocycles. The highest BCUT2D eigenvalue weighted by Gasteiger charge is 2.45. The maximum Gasteiger partial charge on any atom is 0.264 e. The number of halogens is 3. The summed E-state index contributed by atoms with van der Waals surface area (Å²) < 4.78 is 22.2. The minimum absolute atomic E-state index is 0.0745. The standard InChI is InChI=1S/C44H48Cl2FN9O6/c1-25(38-31(45)9-10-32(47)40(38)46)62-35-18-27(20-50-41(35)48)28-21-51-55(24-28)29-13-16-54(17-14-29)37(58)8-3-2-4-15-53-22-26(23-53)19-49-33-7-5-6-30-39(33)44(61)56(43(30)60)34-11-12-36(57)52-42(34)59/h5-7,9-10,18,20-21,24-26,29,34,49H,2-4,8,11-17,19,22-23H2,1H3,(H2,48,50)(H,52,57,59)/t25-,34?/m1/s1. The summed E-state index contributed by atoms with van der Waals surface area (Å²) in [5.41, 5.74) is 9.13. The van der Waals surface area contributed by atoms with E-state index in [-0.39, 0.29) is 51.8 Å². The number of nitrogen functional groups attached to an aromatic ring is 1. The van der Waals surface area contributed by atoms with E-state index in [0.717, 1.165) is 67.8 Å². The van der Waals surface area contributed by atoms with Crippen LogP contribution in [0.4, 0.5) is 15.9 Å². The number of carbonyl (C=O) groups is 5. The van der Waals surface area contributed by atoms with Crippen molar-refractivity contribution in [1.82, 2.24) is 34.8 Å². The number of piperidine rings is 2. The molecule has 2 aromatic carbocycles. The summed E-state index contributed by atoms with van der Waals surface area (Å²) in [7, 11) is 0. The van der Waals surface area contributed by atoms with E-state index in [9.17, 15) is 28.4 Å². The van der Waals surface area contributed by atoms with Crippen molar-refractivity contribution in [1.29, 1.82) is 0 Å². The van der Waals surface area contributed by atoms with Gasteiger partial charge in [0.05, 0.1) is 28.4 Å². The van der Waals surface area contributed by atoms with Gasteiger partial charge in [0, 0.05) is 91.3 Å². The summed E-state index contributed by atoms with van der Waals surface area (Å²) in [6.07, 6.45) is 9.77. The van der Waals surface area contributed by atoms with Gasteiger partial charge in [0.25, 0.3) is 11.8 Å². The second-order valence-electron chi connectivity index (χ2n) is 16.4. The fourth-order valence-corrected chi connectivity index (χ4v) is 9.47. The molecule has 8 rings (SSSR count). The molecule has 15 nitrogen and oxygen atoms in total. The van der Waals surface area contributed by atoms with E-state index in [2.05, 4.69) is 25.6 Å². The van der Waals surface area contributed by atoms with Crippen molar-refractivity contribution in [2.45, 2.75) is 76.5 Å². The van der Waals surface area contributed by atoms with Crippen LogP contribution in [0.15, 0.2) is 55.0 Å². The summed E-state index contributed by atoms with van der Waals surface area (Å²) in [6.45, 7) is 6.47. The van der Waals surface area contributed by atoms with Gasteiger partial charge in [-0.3, -0.25) is 38.9 Å². The van der Waals surface area contributed by atoms with Gasteiger partial charge in [0.15, 0.2) is 11.6 Å². The summed E-state index contributed by atoms with van der Waals surface area (Å²) in [5, 5.41) is 10.4. The third-order valence-electron chi connectivity index (χ3n) is 12.2. The lowest BCUT2D eigenvalue weighted by Crippen LogP contribution is -2.54. The van der Waals surface area contributed by atoms with Crippen molar-refractivity contribution in [3.8, 4) is 16.9 Å². The lowest BCUT2D eigenvalue weighted by atomic mass is 9.98. The number of unbranched alkanes of at least 4 members (excludes halogenated alkanes) is 2. The van der Waals surface area contributed by atoms with E-state index in [0.29, 0.717) is 49.0 Å². The van der Waals surface area contributed by atoms with Crippen molar-refractivity contribution >= 4 is 64.2 Å². The molecule has 0 saturated carbocycles. The van der Waals surface area contributed by atoms with Gasteiger partial charge in [-0.25, -0.2) is 9.37 Å². The number of pyridine rings is 1. The Bertz CT molecular complexity index is 2400. The first-order valence-corrected chi connectivity index (χ1v) is 21.8. The van der Waals surface area contributed by atoms with Crippen LogP contribution in [0.2, 0.25) is 10.0 Å². The maximum absolute atomic E-state index is 14.2. The number of hydrogen-bond acceptors (Lipinski definition) is 11. The molecule has 2 atom stereocenters. The smallest absolute Gasteiger partial charge is 0.264 e. The number of ether oxygens (including phenoxy) is 1. The number of nitrogens with zero attached hydrogens (tertiary/aromatic N) is 6. The van der Waals surface area contributed by atoms with Crippen LogP contribution in [0.25, 0.3) is 11.1 Å². The highest BCUT2D eigenvalue weighted by atomic mass is 35.5. The Morgan fingerprint density at radius 2 is 1.81 bits per heavy atom. The van der Waals surface area contributed by atoms with E-state index < -0.39 is 41.6 Å². The number of rotatable bonds is 15. The van der Waals surface area contributed by atoms with Crippen molar-refractivity contribution in [2.75, 3.05) is 50.3 Å². The van der Waals surface area contributed by atoms with E-state index >= 15 is 0 Å². The quantitative estimate of drug-likeness (QED) is 0.0694. The lowest BCUT2D eigenvalue weighted by Gasteiger charge is -2.39. The lowest BCUT2D eigenvalue weighted by molar-refractivity contribution is -0.136. The van der Waals surface area contributed by atoms with Crippen LogP contribution in [-0.2, 0) is 14.4 Å². The molecule has 326 valence electrons. The zero-order valence-electron chi connectivity index (χ0n) is 34.2. The number of benzene rings is 2. The molecule has 1 unspecified atom stereocenters. The van der Waals surface area contributed by atoms with Crippen molar-refractivity contribution in [2.24, 2.45) is 5.92 Å². The number of likely N-dealkylation sites (tertiary alicyclic amines) is 2. The fourth-order valence-electron chi connectivity index (χ4n) is 8.79. The molecule has 18 heteroatoms. The van der Waals surface area contributed by atoms with Gasteiger partial charge in [-0.05, 0) is 75.9 Å². The average molecular weight is 889 g/mol. The highest BCUT2D eigenvalue weighted by Crippen LogP contribution is 2.38. The first-order chi connectivity index (χ1) is 29.9. The minimum Gasteiger partial charge on any atom is -0.482 e. The molecular formula is C44H48Cl2FN9O6. The number of imide groups is 2. The van der Waals surface area contributed by atoms with Gasteiger partial charge in [-0.1, -0.05) is 35.7 Å². The molecule has 5 amide bonds. The number of nitrogens with two attached hydrogens (primary N) is 1. The Morgan fingerprint density at radius 3 is 2.58 bits per heavy atom. The second-order valence-corrected chi connectivity index (χ2v) is 17.2. The molecule has 0 aliphatic carbocycles. The first-order valence-electron chi connectivity index (χ1n) is 21.0. The van der Waals surface area contributed by atoms with Crippen LogP contribution in [0.5, 0.6) is 5.75 Å². The number of carbonyl (C=O) groups excluding carboxylic acids is 5. The molecule has 62 heavy (non-hydrogen) atoms. The predicted molar refractivity (Wildman–Crippen MR) is 230 cm³/mol. The van der Waals surface area contributed by atoms with Gasteiger partial charge < -0.3 is 25.6 Å². The monoisotopic (exact) mass is 887 g/mol. The number of anilines is 2. The van der Waals surface area contributed by atoms with E-state index in [1.54, 1.807) is 43.6 Å². The van der Waals surface area contributed by atoms with Crippen LogP contribution >= 0.6 is 23.2 Å². The van der Waals surface area contributed by atoms with E-state index in [1.807, 2.05) is 15.8 Å². The van der Waals surface area contributed by atoms with Crippen molar-refractivity contribution in [3.63, 3.8) is 0 Å². The maximum atomic E-state index is 14.2. The van der Waals surface area contributed by atoms with Crippen LogP contribution in [-0.4, -0.2) is 104 Å². The zero-order chi connectivity index (χ0) is 43.7. The SMILES string of the molecule is C[C@@H](Oc1cc(-c2cnn(C3CCN(C(=O)CCCCCN4CC(CNc5cccc6c5C(=O)N(C5CCC(=O)NC5=O)C6=O)C4)CC3)c2)cnc1N)c1c(Cl)ccc(F)c1Cl. The Balaban J connectivity index is 0.725. The van der Waals surface area contributed by atoms with Crippen molar-refractivity contribution < 1.29 is 33.1 Å². The number of aromatic nitrogens is 3. The molecule has 4 aromatic rings. The summed E-state index contributed by atoms with van der Waals surface area (Å²) in [4.78, 5) is 73.3. The molecular weight excluding hydrogens is 840 g/mol. The minimum atomic E-state index is -0.998. The first kappa shape index (κ1) is 43.1. The average Bonchev–Trinajstić information content (AvgIpc) is 3.83. The molecule has 3 fully saturated rings. The highest BCUT2D eigenvalue weighted by molar-refractivity contribution is 6.36. The van der Waals surface area contributed by atoms with E-state index in [1.165, 1.54) is 12.1 Å². The van der Waals surface area contributed by atoms with Crippen LogP contribution in [0, 0.1) is 11.7 Å². The molecule has 2 aromatic heterocycles. The number of amides is 5. The second kappa shape index (κ2) is 18.4. The number of nitrogens with one attached hydrogen (secondary N) is 2. The van der Waals surface area contributed by atoms with E-state index in [4.69, 9.17) is 33.7 Å². The van der Waals surface area contributed by atoms with Gasteiger partial charge in [-0.15, -0.1) is 0 Å². The van der Waals surface area contributed by atoms with Gasteiger partial charge in [0.2, 0.25) is 17.7 Å². The van der Waals surface area contributed by atoms with Crippen LogP contribution in [0.1, 0.15) is 96.7 Å². The van der Waals surface area contributed by atoms with Gasteiger partial charge in [0.1, 0.15) is 18.0 Å². The molecule has 0 radical (unpaired) electrons. The molecule has 0 spiro atoms. The molecule has 4 aliphatic heterocycles. The normalized spacial score (nSPS) is 19.1. The zero-order valence-corrected chi connectivity index (χ0v) is 35.8. The van der Waals surface area contributed by atoms with Crippen LogP contribution < -0.4 is 21.1 Å². The Kier molecular flexibility index (Phi) is 12.8. The van der Waals surface area contributed by atoms with Gasteiger partial charge in [-0.2, -0.15) is 5.10 Å². The molecule has 4 aliphatic rings. The topological polar surface area (TPSA) is 185 Å². The third-order valence-corrected chi connectivity index (χ3v) is 13.0. The van der Waals surface area contributed by atoms with Crippen molar-refractivity contribution in [3.05, 3.63) is 87.5 Å². The third kappa shape index (κ3) is 8.99. The summed E-state index contributed by atoms with van der Waals surface area (Å²) in [5.74, 6) is -1.62. The summed E-state index contributed by atoms with van der Waals surface area (Å²) in [6, 6.07) is 8.63. The Hall–Kier alpha value is -5.58. The van der Waals surface area contributed by atoms with Gasteiger partial charge >= 0.3 is 0 Å². The number of fused-ring (bicyclic) bond motifs is 1. The molecule has 4 N–H and O–H groups in total. The number of hydrogen-bond donors (Lipinski definition) is 3. The Morgan fingerprint density at radius 1 is 1.02 bits per heavy atom.